The Morgan fingerprint density at radius 1 is 0.756 bits per heavy atom. The number of benzene rings is 1. The number of aryl methyl sites for hydroxylation is 2. The van der Waals surface area contributed by atoms with Crippen LogP contribution in [0.1, 0.15) is 55.7 Å². The predicted molar refractivity (Wildman–Crippen MR) is 157 cm³/mol. The molecular formula is C28H35N9O4. The first-order chi connectivity index (χ1) is 19.4. The number of hydrogen-bond donors (Lipinski definition) is 7. The number of hydrogen-bond acceptors (Lipinski definition) is 6. The first kappa shape index (κ1) is 29.1. The molecule has 0 fully saturated rings. The summed E-state index contributed by atoms with van der Waals surface area (Å²) in [6, 6.07) is 9.47. The van der Waals surface area contributed by atoms with Crippen molar-refractivity contribution in [1.82, 2.24) is 24.8 Å². The number of rotatable bonds is 10. The van der Waals surface area contributed by atoms with Crippen molar-refractivity contribution in [1.29, 1.82) is 0 Å². The van der Waals surface area contributed by atoms with Gasteiger partial charge in [-0.25, -0.2) is 0 Å². The van der Waals surface area contributed by atoms with E-state index in [2.05, 4.69) is 26.3 Å². The standard InChI is InChI=1S/C28H35N9O4/c1-15(29)11-31-27(40)23-9-19(13-36(23)3)33-25(38)17-5-6-21-18(7-17)8-22(35-21)26(39)34-20-10-24(37(4)14-20)28(41)32-12-16(2)30/h5-10,13-16,35H,11-12,29-30H2,1-4H3,(H,31,40)(H,32,41)(H,33,38)(H,34,39). The minimum atomic E-state index is -0.403. The second-order valence-corrected chi connectivity index (χ2v) is 10.2. The average Bonchev–Trinajstić information content (AvgIpc) is 3.61. The van der Waals surface area contributed by atoms with E-state index in [0.717, 1.165) is 0 Å². The minimum Gasteiger partial charge on any atom is -0.351 e. The van der Waals surface area contributed by atoms with Gasteiger partial charge < -0.3 is 46.9 Å². The van der Waals surface area contributed by atoms with Crippen LogP contribution in [0.4, 0.5) is 11.4 Å². The van der Waals surface area contributed by atoms with E-state index in [9.17, 15) is 19.2 Å². The summed E-state index contributed by atoms with van der Waals surface area (Å²) in [7, 11) is 3.42. The molecule has 2 unspecified atom stereocenters. The number of carbonyl (C=O) groups is 4. The van der Waals surface area contributed by atoms with E-state index in [4.69, 9.17) is 11.5 Å². The minimum absolute atomic E-state index is 0.177. The lowest BCUT2D eigenvalue weighted by Crippen LogP contribution is -2.35. The van der Waals surface area contributed by atoms with Gasteiger partial charge in [0.15, 0.2) is 0 Å². The summed E-state index contributed by atoms with van der Waals surface area (Å²) in [5.41, 5.74) is 14.4. The van der Waals surface area contributed by atoms with Gasteiger partial charge in [-0.05, 0) is 50.2 Å². The first-order valence-electron chi connectivity index (χ1n) is 13.1. The van der Waals surface area contributed by atoms with Crippen LogP contribution < -0.4 is 32.7 Å². The van der Waals surface area contributed by atoms with Gasteiger partial charge in [0.1, 0.15) is 17.1 Å². The van der Waals surface area contributed by atoms with Crippen molar-refractivity contribution in [3.05, 3.63) is 71.4 Å². The lowest BCUT2D eigenvalue weighted by molar-refractivity contribution is 0.0935. The monoisotopic (exact) mass is 561 g/mol. The highest BCUT2D eigenvalue weighted by atomic mass is 16.2. The van der Waals surface area contributed by atoms with Gasteiger partial charge in [-0.3, -0.25) is 19.2 Å². The molecule has 13 heteroatoms. The number of fused-ring (bicyclic) bond motifs is 1. The first-order valence-corrected chi connectivity index (χ1v) is 13.1. The van der Waals surface area contributed by atoms with Crippen LogP contribution in [0.15, 0.2) is 48.8 Å². The van der Waals surface area contributed by atoms with Crippen LogP contribution in [0.5, 0.6) is 0 Å². The maximum atomic E-state index is 12.9. The fourth-order valence-corrected chi connectivity index (χ4v) is 4.20. The third kappa shape index (κ3) is 7.01. The van der Waals surface area contributed by atoms with Crippen LogP contribution in [0.25, 0.3) is 10.9 Å². The molecule has 3 heterocycles. The Hall–Kier alpha value is -4.88. The molecule has 3 aromatic heterocycles. The summed E-state index contributed by atoms with van der Waals surface area (Å²) in [4.78, 5) is 53.7. The van der Waals surface area contributed by atoms with E-state index >= 15 is 0 Å². The van der Waals surface area contributed by atoms with Crippen molar-refractivity contribution >= 4 is 45.9 Å². The molecule has 216 valence electrons. The molecule has 0 bridgehead atoms. The van der Waals surface area contributed by atoms with Crippen LogP contribution >= 0.6 is 0 Å². The number of nitrogens with two attached hydrogens (primary N) is 2. The summed E-state index contributed by atoms with van der Waals surface area (Å²) in [5.74, 6) is -1.36. The van der Waals surface area contributed by atoms with Crippen molar-refractivity contribution in [2.75, 3.05) is 23.7 Å². The van der Waals surface area contributed by atoms with Crippen molar-refractivity contribution in [2.45, 2.75) is 25.9 Å². The van der Waals surface area contributed by atoms with Crippen molar-refractivity contribution in [3.63, 3.8) is 0 Å². The molecule has 0 spiro atoms. The van der Waals surface area contributed by atoms with Crippen LogP contribution in [-0.4, -0.2) is 62.9 Å². The maximum Gasteiger partial charge on any atom is 0.272 e. The topological polar surface area (TPSA) is 194 Å². The van der Waals surface area contributed by atoms with E-state index in [0.29, 0.717) is 52.3 Å². The van der Waals surface area contributed by atoms with Gasteiger partial charge in [0.05, 0.1) is 11.4 Å². The molecule has 4 rings (SSSR count). The largest absolute Gasteiger partial charge is 0.351 e. The molecule has 0 saturated carbocycles. The van der Waals surface area contributed by atoms with Crippen molar-refractivity contribution in [3.8, 4) is 0 Å². The molecule has 4 amide bonds. The summed E-state index contributed by atoms with van der Waals surface area (Å²) < 4.78 is 3.24. The SMILES string of the molecule is CC(N)CNC(=O)c1cc(NC(=O)c2ccc3[nH]c(C(=O)Nc4cc(C(=O)NCC(C)N)n(C)c4)cc3c2)cn1C. The zero-order chi connectivity index (χ0) is 29.8. The Balaban J connectivity index is 1.43. The van der Waals surface area contributed by atoms with E-state index < -0.39 is 5.91 Å². The van der Waals surface area contributed by atoms with Gasteiger partial charge in [-0.2, -0.15) is 0 Å². The number of nitrogens with zero attached hydrogens (tertiary/aromatic N) is 2. The van der Waals surface area contributed by atoms with Gasteiger partial charge in [0, 0.05) is 68.1 Å². The van der Waals surface area contributed by atoms with Crippen LogP contribution in [0.3, 0.4) is 0 Å². The lowest BCUT2D eigenvalue weighted by Gasteiger charge is -2.07. The van der Waals surface area contributed by atoms with E-state index in [1.807, 2.05) is 0 Å². The predicted octanol–water partition coefficient (Wildman–Crippen LogP) is 1.50. The van der Waals surface area contributed by atoms with Crippen molar-refractivity contribution in [2.24, 2.45) is 25.6 Å². The van der Waals surface area contributed by atoms with E-state index in [1.54, 1.807) is 85.9 Å². The number of aromatic nitrogens is 3. The smallest absolute Gasteiger partial charge is 0.272 e. The Kier molecular flexibility index (Phi) is 8.59. The third-order valence-electron chi connectivity index (χ3n) is 6.29. The zero-order valence-electron chi connectivity index (χ0n) is 23.4. The molecule has 13 nitrogen and oxygen atoms in total. The Bertz CT molecular complexity index is 1530. The zero-order valence-corrected chi connectivity index (χ0v) is 23.4. The molecule has 0 radical (unpaired) electrons. The van der Waals surface area contributed by atoms with Gasteiger partial charge in [0.25, 0.3) is 23.6 Å². The molecule has 4 aromatic rings. The van der Waals surface area contributed by atoms with Gasteiger partial charge in [-0.15, -0.1) is 0 Å². The van der Waals surface area contributed by atoms with Crippen LogP contribution in [0, 0.1) is 0 Å². The molecule has 9 N–H and O–H groups in total. The van der Waals surface area contributed by atoms with E-state index in [-0.39, 0.29) is 35.5 Å². The summed E-state index contributed by atoms with van der Waals surface area (Å²) in [6.45, 7) is 4.25. The van der Waals surface area contributed by atoms with Gasteiger partial charge in [-0.1, -0.05) is 0 Å². The second kappa shape index (κ2) is 12.1. The normalized spacial score (nSPS) is 12.5. The number of anilines is 2. The summed E-state index contributed by atoms with van der Waals surface area (Å²) >= 11 is 0. The average molecular weight is 562 g/mol. The number of carbonyl (C=O) groups excluding carboxylic acids is 4. The fourth-order valence-electron chi connectivity index (χ4n) is 4.20. The quantitative estimate of drug-likeness (QED) is 0.153. The van der Waals surface area contributed by atoms with Crippen LogP contribution in [0.2, 0.25) is 0 Å². The number of amides is 4. The third-order valence-corrected chi connectivity index (χ3v) is 6.29. The highest BCUT2D eigenvalue weighted by molar-refractivity contribution is 6.09. The molecule has 0 aliphatic rings. The van der Waals surface area contributed by atoms with Gasteiger partial charge in [0.2, 0.25) is 0 Å². The Morgan fingerprint density at radius 3 is 1.78 bits per heavy atom. The maximum absolute atomic E-state index is 12.9. The van der Waals surface area contributed by atoms with Crippen molar-refractivity contribution < 1.29 is 19.2 Å². The molecule has 41 heavy (non-hydrogen) atoms. The second-order valence-electron chi connectivity index (χ2n) is 10.2. The number of aromatic amines is 1. The summed E-state index contributed by atoms with van der Waals surface area (Å²) in [6.07, 6.45) is 3.29. The highest BCUT2D eigenvalue weighted by Crippen LogP contribution is 2.21. The number of H-pyrrole nitrogens is 1. The van der Waals surface area contributed by atoms with Gasteiger partial charge >= 0.3 is 0 Å². The fraction of sp³-hybridized carbons (Fsp3) is 0.286. The highest BCUT2D eigenvalue weighted by Gasteiger charge is 2.17. The molecule has 1 aromatic carbocycles. The summed E-state index contributed by atoms with van der Waals surface area (Å²) in [5, 5.41) is 11.7. The lowest BCUT2D eigenvalue weighted by atomic mass is 10.1. The van der Waals surface area contributed by atoms with E-state index in [1.165, 1.54) is 0 Å². The molecule has 0 aliphatic heterocycles. The Labute approximate surface area is 236 Å². The molecule has 0 aliphatic carbocycles. The molecule has 2 atom stereocenters. The van der Waals surface area contributed by atoms with Crippen LogP contribution in [-0.2, 0) is 14.1 Å². The molecular weight excluding hydrogens is 526 g/mol. The molecule has 0 saturated heterocycles. The number of nitrogens with one attached hydrogen (secondary N) is 5. The Morgan fingerprint density at radius 2 is 1.27 bits per heavy atom.